The van der Waals surface area contributed by atoms with E-state index in [0.29, 0.717) is 11.3 Å². The maximum absolute atomic E-state index is 14.2. The lowest BCUT2D eigenvalue weighted by atomic mass is 9.82. The van der Waals surface area contributed by atoms with E-state index in [1.54, 1.807) is 12.1 Å². The molecule has 1 N–H and O–H groups in total. The summed E-state index contributed by atoms with van der Waals surface area (Å²) in [4.78, 5) is 0. The summed E-state index contributed by atoms with van der Waals surface area (Å²) < 4.78 is 15.1. The van der Waals surface area contributed by atoms with E-state index in [-0.39, 0.29) is 11.9 Å². The first-order chi connectivity index (χ1) is 9.73. The van der Waals surface area contributed by atoms with Gasteiger partial charge >= 0.3 is 0 Å². The minimum atomic E-state index is -0.116. The van der Waals surface area contributed by atoms with Crippen LogP contribution in [0.15, 0.2) is 22.7 Å². The highest BCUT2D eigenvalue weighted by atomic mass is 79.9. The van der Waals surface area contributed by atoms with Crippen molar-refractivity contribution in [2.75, 3.05) is 6.54 Å². The lowest BCUT2D eigenvalue weighted by Crippen LogP contribution is -2.26. The molecule has 0 aliphatic heterocycles. The summed E-state index contributed by atoms with van der Waals surface area (Å²) in [5.74, 6) is 0.437. The van der Waals surface area contributed by atoms with E-state index in [4.69, 9.17) is 0 Å². The second kappa shape index (κ2) is 8.28. The minimum absolute atomic E-state index is 0.0831. The molecule has 2 unspecified atom stereocenters. The van der Waals surface area contributed by atoms with E-state index in [1.165, 1.54) is 0 Å². The van der Waals surface area contributed by atoms with Gasteiger partial charge in [-0.1, -0.05) is 50.5 Å². The molecular formula is C18H29BrFN. The van der Waals surface area contributed by atoms with Gasteiger partial charge in [0.1, 0.15) is 5.82 Å². The number of halogens is 2. The Balaban J connectivity index is 2.87. The average molecular weight is 358 g/mol. The van der Waals surface area contributed by atoms with Crippen molar-refractivity contribution in [1.29, 1.82) is 0 Å². The van der Waals surface area contributed by atoms with Crippen LogP contribution in [0, 0.1) is 17.2 Å². The molecule has 0 saturated heterocycles. The fourth-order valence-corrected chi connectivity index (χ4v) is 3.33. The summed E-state index contributed by atoms with van der Waals surface area (Å²) in [7, 11) is 0. The van der Waals surface area contributed by atoms with Gasteiger partial charge in [-0.05, 0) is 55.3 Å². The van der Waals surface area contributed by atoms with Crippen LogP contribution >= 0.6 is 15.9 Å². The smallest absolute Gasteiger partial charge is 0.128 e. The Morgan fingerprint density at radius 1 is 1.29 bits per heavy atom. The number of nitrogens with one attached hydrogen (secondary N) is 1. The second-order valence-corrected chi connectivity index (χ2v) is 8.19. The molecule has 0 fully saturated rings. The van der Waals surface area contributed by atoms with Gasteiger partial charge in [0.25, 0.3) is 0 Å². The molecule has 0 aliphatic carbocycles. The summed E-state index contributed by atoms with van der Waals surface area (Å²) in [6.45, 7) is 12.1. The normalized spacial score (nSPS) is 15.0. The zero-order valence-electron chi connectivity index (χ0n) is 14.0. The third-order valence-electron chi connectivity index (χ3n) is 3.57. The van der Waals surface area contributed by atoms with Crippen LogP contribution in [-0.4, -0.2) is 6.54 Å². The first kappa shape index (κ1) is 18.6. The highest BCUT2D eigenvalue weighted by molar-refractivity contribution is 9.10. The van der Waals surface area contributed by atoms with E-state index in [0.717, 1.165) is 35.8 Å². The summed E-state index contributed by atoms with van der Waals surface area (Å²) in [5, 5.41) is 3.51. The molecule has 0 spiro atoms. The lowest BCUT2D eigenvalue weighted by Gasteiger charge is -2.28. The molecule has 0 heterocycles. The topological polar surface area (TPSA) is 12.0 Å². The first-order valence-electron chi connectivity index (χ1n) is 7.91. The van der Waals surface area contributed by atoms with Crippen LogP contribution in [0.1, 0.15) is 65.5 Å². The van der Waals surface area contributed by atoms with Crippen molar-refractivity contribution in [3.8, 4) is 0 Å². The van der Waals surface area contributed by atoms with Crippen molar-refractivity contribution in [2.45, 2.75) is 59.9 Å². The lowest BCUT2D eigenvalue weighted by molar-refractivity contribution is 0.274. The van der Waals surface area contributed by atoms with Crippen LogP contribution in [0.3, 0.4) is 0 Å². The van der Waals surface area contributed by atoms with E-state index < -0.39 is 0 Å². The SMILES string of the molecule is CCCNC(CC(C)CC(C)(C)C)c1cc(Br)ccc1F. The van der Waals surface area contributed by atoms with Gasteiger partial charge in [0.15, 0.2) is 0 Å². The zero-order chi connectivity index (χ0) is 16.0. The van der Waals surface area contributed by atoms with Gasteiger partial charge in [-0.2, -0.15) is 0 Å². The van der Waals surface area contributed by atoms with Crippen LogP contribution in [-0.2, 0) is 0 Å². The molecule has 0 aliphatic rings. The highest BCUT2D eigenvalue weighted by Gasteiger charge is 2.22. The van der Waals surface area contributed by atoms with Crippen molar-refractivity contribution in [3.63, 3.8) is 0 Å². The van der Waals surface area contributed by atoms with Crippen molar-refractivity contribution >= 4 is 15.9 Å². The standard InChI is InChI=1S/C18H29BrFN/c1-6-9-21-17(10-13(2)12-18(3,4)5)15-11-14(19)7-8-16(15)20/h7-8,11,13,17,21H,6,9-10,12H2,1-5H3. The molecule has 21 heavy (non-hydrogen) atoms. The van der Waals surface area contributed by atoms with E-state index >= 15 is 0 Å². The molecule has 0 aromatic heterocycles. The molecule has 1 aromatic rings. The Morgan fingerprint density at radius 3 is 2.52 bits per heavy atom. The van der Waals surface area contributed by atoms with Gasteiger partial charge in [0, 0.05) is 16.1 Å². The maximum atomic E-state index is 14.2. The van der Waals surface area contributed by atoms with E-state index in [2.05, 4.69) is 55.9 Å². The Kier molecular flexibility index (Phi) is 7.35. The molecule has 1 aromatic carbocycles. The van der Waals surface area contributed by atoms with Gasteiger partial charge < -0.3 is 5.32 Å². The number of hydrogen-bond donors (Lipinski definition) is 1. The van der Waals surface area contributed by atoms with Gasteiger partial charge in [-0.15, -0.1) is 0 Å². The van der Waals surface area contributed by atoms with Crippen molar-refractivity contribution in [3.05, 3.63) is 34.1 Å². The molecule has 0 amide bonds. The van der Waals surface area contributed by atoms with Gasteiger partial charge in [-0.3, -0.25) is 0 Å². The largest absolute Gasteiger partial charge is 0.310 e. The molecule has 1 rings (SSSR count). The number of rotatable bonds is 7. The van der Waals surface area contributed by atoms with Crippen LogP contribution in [0.25, 0.3) is 0 Å². The molecule has 2 atom stereocenters. The molecule has 120 valence electrons. The molecule has 0 bridgehead atoms. The Hall–Kier alpha value is -0.410. The Labute approximate surface area is 137 Å². The first-order valence-corrected chi connectivity index (χ1v) is 8.70. The predicted molar refractivity (Wildman–Crippen MR) is 93.0 cm³/mol. The third kappa shape index (κ3) is 6.92. The highest BCUT2D eigenvalue weighted by Crippen LogP contribution is 2.32. The monoisotopic (exact) mass is 357 g/mol. The summed E-state index contributed by atoms with van der Waals surface area (Å²) >= 11 is 3.45. The van der Waals surface area contributed by atoms with E-state index in [1.807, 2.05) is 6.07 Å². The van der Waals surface area contributed by atoms with Crippen molar-refractivity contribution in [2.24, 2.45) is 11.3 Å². The molecule has 0 radical (unpaired) electrons. The van der Waals surface area contributed by atoms with Crippen LogP contribution in [0.5, 0.6) is 0 Å². The minimum Gasteiger partial charge on any atom is -0.310 e. The Bertz CT molecular complexity index is 439. The van der Waals surface area contributed by atoms with Crippen molar-refractivity contribution in [1.82, 2.24) is 5.32 Å². The second-order valence-electron chi connectivity index (χ2n) is 7.28. The fourth-order valence-electron chi connectivity index (χ4n) is 2.95. The summed E-state index contributed by atoms with van der Waals surface area (Å²) in [5.41, 5.74) is 1.09. The predicted octanol–water partition coefficient (Wildman–Crippen LogP) is 6.09. The molecular weight excluding hydrogens is 329 g/mol. The Morgan fingerprint density at radius 2 is 1.95 bits per heavy atom. The molecule has 0 saturated carbocycles. The maximum Gasteiger partial charge on any atom is 0.128 e. The van der Waals surface area contributed by atoms with Crippen LogP contribution in [0.4, 0.5) is 4.39 Å². The van der Waals surface area contributed by atoms with Crippen LogP contribution < -0.4 is 5.32 Å². The summed E-state index contributed by atoms with van der Waals surface area (Å²) in [6.07, 6.45) is 3.16. The number of benzene rings is 1. The van der Waals surface area contributed by atoms with Crippen LogP contribution in [0.2, 0.25) is 0 Å². The van der Waals surface area contributed by atoms with Gasteiger partial charge in [0.05, 0.1) is 0 Å². The van der Waals surface area contributed by atoms with Gasteiger partial charge in [0.2, 0.25) is 0 Å². The number of hydrogen-bond acceptors (Lipinski definition) is 1. The van der Waals surface area contributed by atoms with E-state index in [9.17, 15) is 4.39 Å². The van der Waals surface area contributed by atoms with Crippen molar-refractivity contribution < 1.29 is 4.39 Å². The molecule has 3 heteroatoms. The molecule has 1 nitrogen and oxygen atoms in total. The fraction of sp³-hybridized carbons (Fsp3) is 0.667. The average Bonchev–Trinajstić information content (AvgIpc) is 2.35. The quantitative estimate of drug-likeness (QED) is 0.622. The summed E-state index contributed by atoms with van der Waals surface area (Å²) in [6, 6.07) is 5.30. The zero-order valence-corrected chi connectivity index (χ0v) is 15.6. The van der Waals surface area contributed by atoms with Gasteiger partial charge in [-0.25, -0.2) is 4.39 Å². The third-order valence-corrected chi connectivity index (χ3v) is 4.07.